The minimum Gasteiger partial charge on any atom is -0.493 e. The predicted molar refractivity (Wildman–Crippen MR) is 89.6 cm³/mol. The number of hydrogen-bond donors (Lipinski definition) is 1. The molecular weight excluding hydrogens is 326 g/mol. The molecule has 0 saturated carbocycles. The summed E-state index contributed by atoms with van der Waals surface area (Å²) in [5.41, 5.74) is 10.0. The molecule has 0 amide bonds. The Labute approximate surface area is 134 Å². The van der Waals surface area contributed by atoms with Crippen molar-refractivity contribution in [3.8, 4) is 5.75 Å². The Morgan fingerprint density at radius 1 is 1.24 bits per heavy atom. The molecule has 1 atom stereocenters. The molecule has 0 radical (unpaired) electrons. The highest BCUT2D eigenvalue weighted by Crippen LogP contribution is 2.31. The lowest BCUT2D eigenvalue weighted by Gasteiger charge is -2.26. The van der Waals surface area contributed by atoms with Crippen LogP contribution < -0.4 is 10.5 Å². The van der Waals surface area contributed by atoms with Crippen LogP contribution in [0.25, 0.3) is 0 Å². The van der Waals surface area contributed by atoms with Gasteiger partial charge in [-0.05, 0) is 48.6 Å². The van der Waals surface area contributed by atoms with Gasteiger partial charge in [0.25, 0.3) is 0 Å². The van der Waals surface area contributed by atoms with Gasteiger partial charge in [-0.3, -0.25) is 0 Å². The number of benzene rings is 2. The number of halogens is 1. The second-order valence-corrected chi connectivity index (χ2v) is 6.79. The van der Waals surface area contributed by atoms with Gasteiger partial charge in [0.05, 0.1) is 6.61 Å². The molecule has 1 unspecified atom stereocenters. The molecule has 2 aromatic rings. The zero-order valence-electron chi connectivity index (χ0n) is 12.2. The Kier molecular flexibility index (Phi) is 4.05. The van der Waals surface area contributed by atoms with Crippen LogP contribution in [0.5, 0.6) is 5.75 Å². The number of ether oxygens (including phenoxy) is 1. The Hall–Kier alpha value is -1.32. The molecule has 0 saturated heterocycles. The van der Waals surface area contributed by atoms with E-state index in [0.29, 0.717) is 0 Å². The average molecular weight is 346 g/mol. The van der Waals surface area contributed by atoms with E-state index in [2.05, 4.69) is 47.1 Å². The summed E-state index contributed by atoms with van der Waals surface area (Å²) in [7, 11) is 0. The quantitative estimate of drug-likeness (QED) is 0.901. The second kappa shape index (κ2) is 5.82. The minimum absolute atomic E-state index is 0.338. The van der Waals surface area contributed by atoms with Gasteiger partial charge in [0.2, 0.25) is 0 Å². The van der Waals surface area contributed by atoms with Gasteiger partial charge in [-0.25, -0.2) is 0 Å². The first-order chi connectivity index (χ1) is 10.1. The maximum absolute atomic E-state index is 6.54. The van der Waals surface area contributed by atoms with Crippen LogP contribution in [-0.4, -0.2) is 6.61 Å². The van der Waals surface area contributed by atoms with Crippen molar-refractivity contribution in [1.82, 2.24) is 0 Å². The normalized spacial score (nSPS) is 16.1. The molecule has 0 fully saturated rings. The third-order valence-corrected chi connectivity index (χ3v) is 4.87. The van der Waals surface area contributed by atoms with E-state index in [4.69, 9.17) is 10.5 Å². The predicted octanol–water partition coefficient (Wildman–Crippen LogP) is 4.19. The number of hydrogen-bond acceptors (Lipinski definition) is 2. The maximum atomic E-state index is 6.54. The second-order valence-electron chi connectivity index (χ2n) is 5.94. The van der Waals surface area contributed by atoms with Crippen LogP contribution in [0.1, 0.15) is 30.0 Å². The lowest BCUT2D eigenvalue weighted by Crippen LogP contribution is -2.34. The number of aryl methyl sites for hydroxylation is 1. The number of fused-ring (bicyclic) bond motifs is 1. The highest BCUT2D eigenvalue weighted by Gasteiger charge is 2.23. The van der Waals surface area contributed by atoms with Crippen LogP contribution >= 0.6 is 15.9 Å². The van der Waals surface area contributed by atoms with Gasteiger partial charge in [-0.15, -0.1) is 0 Å². The maximum Gasteiger partial charge on any atom is 0.122 e. The molecule has 3 heteroatoms. The molecule has 1 heterocycles. The minimum atomic E-state index is -0.338. The Balaban J connectivity index is 1.73. The third kappa shape index (κ3) is 3.14. The molecular formula is C18H20BrNO. The van der Waals surface area contributed by atoms with Crippen LogP contribution in [0.2, 0.25) is 0 Å². The van der Waals surface area contributed by atoms with Crippen molar-refractivity contribution in [3.05, 3.63) is 63.6 Å². The van der Waals surface area contributed by atoms with E-state index in [1.165, 1.54) is 11.1 Å². The van der Waals surface area contributed by atoms with E-state index in [1.807, 2.05) is 18.2 Å². The summed E-state index contributed by atoms with van der Waals surface area (Å²) in [6.45, 7) is 2.91. The summed E-state index contributed by atoms with van der Waals surface area (Å²) in [6, 6.07) is 14.7. The van der Waals surface area contributed by atoms with Crippen molar-refractivity contribution in [2.24, 2.45) is 5.73 Å². The van der Waals surface area contributed by atoms with Gasteiger partial charge in [-0.2, -0.15) is 0 Å². The van der Waals surface area contributed by atoms with Gasteiger partial charge in [0, 0.05) is 16.4 Å². The summed E-state index contributed by atoms with van der Waals surface area (Å²) >= 11 is 3.60. The topological polar surface area (TPSA) is 35.2 Å². The molecule has 2 nitrogen and oxygen atoms in total. The van der Waals surface area contributed by atoms with Crippen LogP contribution in [0.4, 0.5) is 0 Å². The molecule has 1 aliphatic rings. The summed E-state index contributed by atoms with van der Waals surface area (Å²) in [6.07, 6.45) is 2.91. The van der Waals surface area contributed by atoms with E-state index < -0.39 is 0 Å². The standard InChI is InChI=1S/C18H20BrNO/c1-18(20,15-4-2-3-5-16(15)19)10-8-13-6-7-17-14(12-13)9-11-21-17/h2-7,12H,8-11,20H2,1H3. The zero-order chi connectivity index (χ0) is 14.9. The Bertz CT molecular complexity index is 651. The zero-order valence-corrected chi connectivity index (χ0v) is 13.8. The van der Waals surface area contributed by atoms with Gasteiger partial charge in [0.15, 0.2) is 0 Å². The molecule has 1 aliphatic heterocycles. The Morgan fingerprint density at radius 2 is 2.05 bits per heavy atom. The van der Waals surface area contributed by atoms with Gasteiger partial charge in [0.1, 0.15) is 5.75 Å². The summed E-state index contributed by atoms with van der Waals surface area (Å²) in [4.78, 5) is 0. The molecule has 0 aromatic heterocycles. The summed E-state index contributed by atoms with van der Waals surface area (Å²) in [5.74, 6) is 1.04. The molecule has 3 rings (SSSR count). The molecule has 0 spiro atoms. The molecule has 2 N–H and O–H groups in total. The van der Waals surface area contributed by atoms with Crippen molar-refractivity contribution >= 4 is 15.9 Å². The number of rotatable bonds is 4. The van der Waals surface area contributed by atoms with Crippen molar-refractivity contribution in [2.45, 2.75) is 31.7 Å². The molecule has 21 heavy (non-hydrogen) atoms. The van der Waals surface area contributed by atoms with Crippen molar-refractivity contribution in [3.63, 3.8) is 0 Å². The van der Waals surface area contributed by atoms with Gasteiger partial charge in [-0.1, -0.05) is 46.3 Å². The fourth-order valence-electron chi connectivity index (χ4n) is 2.86. The van der Waals surface area contributed by atoms with Crippen molar-refractivity contribution < 1.29 is 4.74 Å². The first-order valence-corrected chi connectivity index (χ1v) is 8.14. The highest BCUT2D eigenvalue weighted by molar-refractivity contribution is 9.10. The summed E-state index contributed by atoms with van der Waals surface area (Å²) < 4.78 is 6.63. The van der Waals surface area contributed by atoms with E-state index >= 15 is 0 Å². The van der Waals surface area contributed by atoms with E-state index in [9.17, 15) is 0 Å². The number of nitrogens with two attached hydrogens (primary N) is 1. The Morgan fingerprint density at radius 3 is 2.86 bits per heavy atom. The summed E-state index contributed by atoms with van der Waals surface area (Å²) in [5, 5.41) is 0. The van der Waals surface area contributed by atoms with Crippen molar-refractivity contribution in [2.75, 3.05) is 6.61 Å². The first kappa shape index (κ1) is 14.6. The largest absolute Gasteiger partial charge is 0.493 e. The fourth-order valence-corrected chi connectivity index (χ4v) is 3.60. The molecule has 2 aromatic carbocycles. The molecule has 0 aliphatic carbocycles. The van der Waals surface area contributed by atoms with Crippen LogP contribution in [0.15, 0.2) is 46.9 Å². The average Bonchev–Trinajstić information content (AvgIpc) is 2.93. The van der Waals surface area contributed by atoms with Crippen LogP contribution in [0, 0.1) is 0 Å². The fraction of sp³-hybridized carbons (Fsp3) is 0.333. The van der Waals surface area contributed by atoms with E-state index in [1.54, 1.807) is 0 Å². The van der Waals surface area contributed by atoms with Gasteiger partial charge < -0.3 is 10.5 Å². The van der Waals surface area contributed by atoms with Crippen LogP contribution in [-0.2, 0) is 18.4 Å². The molecule has 0 bridgehead atoms. The van der Waals surface area contributed by atoms with Crippen LogP contribution in [0.3, 0.4) is 0 Å². The van der Waals surface area contributed by atoms with E-state index in [-0.39, 0.29) is 5.54 Å². The molecule has 110 valence electrons. The lowest BCUT2D eigenvalue weighted by molar-refractivity contribution is 0.357. The first-order valence-electron chi connectivity index (χ1n) is 7.35. The highest BCUT2D eigenvalue weighted by atomic mass is 79.9. The SMILES string of the molecule is CC(N)(CCc1ccc2c(c1)CCO2)c1ccccc1Br. The van der Waals surface area contributed by atoms with E-state index in [0.717, 1.165) is 41.7 Å². The van der Waals surface area contributed by atoms with Crippen molar-refractivity contribution in [1.29, 1.82) is 0 Å². The third-order valence-electron chi connectivity index (χ3n) is 4.18. The lowest BCUT2D eigenvalue weighted by atomic mass is 9.87. The smallest absolute Gasteiger partial charge is 0.122 e. The monoisotopic (exact) mass is 345 g/mol. The van der Waals surface area contributed by atoms with Gasteiger partial charge >= 0.3 is 0 Å².